The zero-order chi connectivity index (χ0) is 6.69. The lowest BCUT2D eigenvalue weighted by molar-refractivity contribution is -0.109. The molecule has 0 N–H and O–H groups in total. The quantitative estimate of drug-likeness (QED) is 0.574. The normalized spacial score (nSPS) is 25.4. The molecule has 0 saturated carbocycles. The predicted molar refractivity (Wildman–Crippen MR) is 40.3 cm³/mol. The van der Waals surface area contributed by atoms with Crippen LogP contribution in [0, 0.1) is 5.92 Å². The summed E-state index contributed by atoms with van der Waals surface area (Å²) >= 11 is 3.32. The van der Waals surface area contributed by atoms with Gasteiger partial charge in [-0.2, -0.15) is 0 Å². The number of aldehydes is 1. The van der Waals surface area contributed by atoms with Gasteiger partial charge in [-0.3, -0.25) is 0 Å². The van der Waals surface area contributed by atoms with E-state index in [1.54, 1.807) is 0 Å². The Hall–Kier alpha value is -0.370. The summed E-state index contributed by atoms with van der Waals surface area (Å²) in [6.07, 6.45) is 7.54. The fourth-order valence-electron chi connectivity index (χ4n) is 0.757. The molecule has 1 atom stereocenters. The second kappa shape index (κ2) is 2.97. The van der Waals surface area contributed by atoms with E-state index >= 15 is 0 Å². The van der Waals surface area contributed by atoms with E-state index in [4.69, 9.17) is 0 Å². The number of carbonyl (C=O) groups excluding carboxylic acids is 1. The molecule has 0 amide bonds. The minimum Gasteiger partial charge on any atom is -0.303 e. The summed E-state index contributed by atoms with van der Waals surface area (Å²) < 4.78 is 1.10. The largest absolute Gasteiger partial charge is 0.303 e. The third-order valence-corrected chi connectivity index (χ3v) is 1.83. The van der Waals surface area contributed by atoms with Gasteiger partial charge in [-0.15, -0.1) is 0 Å². The monoisotopic (exact) mass is 186 g/mol. The highest BCUT2D eigenvalue weighted by Crippen LogP contribution is 2.20. The van der Waals surface area contributed by atoms with Crippen LogP contribution in [0.1, 0.15) is 6.42 Å². The molecule has 1 aliphatic rings. The third kappa shape index (κ3) is 1.79. The summed E-state index contributed by atoms with van der Waals surface area (Å²) in [6, 6.07) is 0. The highest BCUT2D eigenvalue weighted by molar-refractivity contribution is 9.11. The van der Waals surface area contributed by atoms with Crippen molar-refractivity contribution in [2.75, 3.05) is 0 Å². The van der Waals surface area contributed by atoms with Crippen molar-refractivity contribution >= 4 is 22.2 Å². The Kier molecular flexibility index (Phi) is 2.22. The molecule has 1 nitrogen and oxygen atoms in total. The van der Waals surface area contributed by atoms with Crippen LogP contribution in [0.5, 0.6) is 0 Å². The number of rotatable bonds is 1. The Labute approximate surface area is 62.6 Å². The van der Waals surface area contributed by atoms with Gasteiger partial charge < -0.3 is 4.79 Å². The number of hydrogen-bond acceptors (Lipinski definition) is 1. The van der Waals surface area contributed by atoms with Crippen LogP contribution in [0.15, 0.2) is 22.7 Å². The van der Waals surface area contributed by atoms with E-state index in [1.807, 2.05) is 18.2 Å². The molecule has 0 radical (unpaired) electrons. The lowest BCUT2D eigenvalue weighted by Gasteiger charge is -2.06. The van der Waals surface area contributed by atoms with E-state index in [-0.39, 0.29) is 5.92 Å². The maximum Gasteiger partial charge on any atom is 0.127 e. The van der Waals surface area contributed by atoms with Gasteiger partial charge in [-0.25, -0.2) is 0 Å². The second-order valence-corrected chi connectivity index (χ2v) is 3.02. The molecular weight excluding hydrogens is 180 g/mol. The molecule has 1 unspecified atom stereocenters. The molecule has 0 saturated heterocycles. The molecule has 0 aromatic carbocycles. The first-order chi connectivity index (χ1) is 4.33. The molecule has 2 heteroatoms. The molecule has 1 rings (SSSR count). The van der Waals surface area contributed by atoms with E-state index in [0.717, 1.165) is 17.2 Å². The fraction of sp³-hybridized carbons (Fsp3) is 0.286. The van der Waals surface area contributed by atoms with Crippen molar-refractivity contribution < 1.29 is 4.79 Å². The van der Waals surface area contributed by atoms with Crippen molar-refractivity contribution in [3.05, 3.63) is 22.7 Å². The predicted octanol–water partition coefficient (Wildman–Crippen LogP) is 2.04. The van der Waals surface area contributed by atoms with E-state index in [1.165, 1.54) is 0 Å². The van der Waals surface area contributed by atoms with Gasteiger partial charge in [-0.05, 0) is 10.9 Å². The smallest absolute Gasteiger partial charge is 0.127 e. The van der Waals surface area contributed by atoms with Crippen LogP contribution >= 0.6 is 15.9 Å². The van der Waals surface area contributed by atoms with Crippen LogP contribution in [-0.2, 0) is 4.79 Å². The van der Waals surface area contributed by atoms with Gasteiger partial charge in [0.1, 0.15) is 6.29 Å². The van der Waals surface area contributed by atoms with Crippen molar-refractivity contribution in [1.82, 2.24) is 0 Å². The minimum absolute atomic E-state index is 0.0874. The Morgan fingerprint density at radius 1 is 1.78 bits per heavy atom. The Morgan fingerprint density at radius 2 is 2.56 bits per heavy atom. The van der Waals surface area contributed by atoms with Crippen LogP contribution in [0.4, 0.5) is 0 Å². The average Bonchev–Trinajstić information content (AvgIpc) is 1.88. The Morgan fingerprint density at radius 3 is 3.00 bits per heavy atom. The molecule has 48 valence electrons. The second-order valence-electron chi connectivity index (χ2n) is 2.00. The fourth-order valence-corrected chi connectivity index (χ4v) is 1.28. The molecule has 0 fully saturated rings. The van der Waals surface area contributed by atoms with Gasteiger partial charge in [0.15, 0.2) is 0 Å². The summed E-state index contributed by atoms with van der Waals surface area (Å²) in [5.41, 5.74) is 0. The maximum atomic E-state index is 10.2. The van der Waals surface area contributed by atoms with Crippen LogP contribution in [0.2, 0.25) is 0 Å². The number of carbonyl (C=O) groups is 1. The number of allylic oxidation sites excluding steroid dienone is 4. The van der Waals surface area contributed by atoms with Gasteiger partial charge in [0, 0.05) is 5.92 Å². The third-order valence-electron chi connectivity index (χ3n) is 1.24. The van der Waals surface area contributed by atoms with Crippen molar-refractivity contribution in [1.29, 1.82) is 0 Å². The SMILES string of the molecule is O=CC1C=CC=C(Br)C1. The molecule has 0 bridgehead atoms. The molecule has 0 aromatic heterocycles. The summed E-state index contributed by atoms with van der Waals surface area (Å²) in [7, 11) is 0. The molecular formula is C7H7BrO. The zero-order valence-corrected chi connectivity index (χ0v) is 6.47. The molecule has 0 spiro atoms. The molecule has 0 heterocycles. The lowest BCUT2D eigenvalue weighted by Crippen LogP contribution is -1.99. The standard InChI is InChI=1S/C7H7BrO/c8-7-3-1-2-6(4-7)5-9/h1-3,5-6H,4H2. The topological polar surface area (TPSA) is 17.1 Å². The highest BCUT2D eigenvalue weighted by Gasteiger charge is 2.06. The first-order valence-corrected chi connectivity index (χ1v) is 3.60. The average molecular weight is 187 g/mol. The molecule has 1 aliphatic carbocycles. The van der Waals surface area contributed by atoms with Crippen LogP contribution in [-0.4, -0.2) is 6.29 Å². The van der Waals surface area contributed by atoms with Crippen molar-refractivity contribution in [2.45, 2.75) is 6.42 Å². The molecule has 0 aliphatic heterocycles. The van der Waals surface area contributed by atoms with Crippen molar-refractivity contribution in [3.63, 3.8) is 0 Å². The van der Waals surface area contributed by atoms with Gasteiger partial charge in [-0.1, -0.05) is 34.2 Å². The summed E-state index contributed by atoms with van der Waals surface area (Å²) in [6.45, 7) is 0. The van der Waals surface area contributed by atoms with E-state index < -0.39 is 0 Å². The van der Waals surface area contributed by atoms with Gasteiger partial charge >= 0.3 is 0 Å². The van der Waals surface area contributed by atoms with Gasteiger partial charge in [0.05, 0.1) is 0 Å². The van der Waals surface area contributed by atoms with Crippen molar-refractivity contribution in [3.8, 4) is 0 Å². The first-order valence-electron chi connectivity index (χ1n) is 2.81. The van der Waals surface area contributed by atoms with E-state index in [0.29, 0.717) is 0 Å². The van der Waals surface area contributed by atoms with Gasteiger partial charge in [0.2, 0.25) is 0 Å². The van der Waals surface area contributed by atoms with E-state index in [9.17, 15) is 4.79 Å². The zero-order valence-electron chi connectivity index (χ0n) is 4.88. The number of halogens is 1. The maximum absolute atomic E-state index is 10.2. The van der Waals surface area contributed by atoms with Gasteiger partial charge in [0.25, 0.3) is 0 Å². The van der Waals surface area contributed by atoms with Crippen LogP contribution in [0.25, 0.3) is 0 Å². The first kappa shape index (κ1) is 6.75. The Bertz CT molecular complexity index is 170. The highest BCUT2D eigenvalue weighted by atomic mass is 79.9. The molecule has 9 heavy (non-hydrogen) atoms. The van der Waals surface area contributed by atoms with Crippen LogP contribution < -0.4 is 0 Å². The Balaban J connectivity index is 2.61. The lowest BCUT2D eigenvalue weighted by atomic mass is 10.0. The van der Waals surface area contributed by atoms with Crippen molar-refractivity contribution in [2.24, 2.45) is 5.92 Å². The number of hydrogen-bond donors (Lipinski definition) is 0. The summed E-state index contributed by atoms with van der Waals surface area (Å²) in [4.78, 5) is 10.2. The minimum atomic E-state index is 0.0874. The van der Waals surface area contributed by atoms with Crippen LogP contribution in [0.3, 0.4) is 0 Å². The molecule has 0 aromatic rings. The summed E-state index contributed by atoms with van der Waals surface area (Å²) in [5.74, 6) is 0.0874. The summed E-state index contributed by atoms with van der Waals surface area (Å²) in [5, 5.41) is 0. The van der Waals surface area contributed by atoms with E-state index in [2.05, 4.69) is 15.9 Å².